The molecule has 0 aliphatic rings. The first-order valence-electron chi connectivity index (χ1n) is 12.5. The van der Waals surface area contributed by atoms with Crippen molar-refractivity contribution in [3.8, 4) is 5.75 Å². The van der Waals surface area contributed by atoms with Crippen LogP contribution in [0.1, 0.15) is 0 Å². The van der Waals surface area contributed by atoms with Crippen molar-refractivity contribution >= 4 is 70.8 Å². The maximum Gasteiger partial charge on any atom is 1.00 e. The van der Waals surface area contributed by atoms with Crippen LogP contribution < -0.4 is 64.4 Å². The van der Waals surface area contributed by atoms with Gasteiger partial charge in [-0.1, -0.05) is 6.07 Å². The molecular weight excluding hydrogens is 674 g/mol. The number of nitrogens with one attached hydrogen (secondary N) is 1. The van der Waals surface area contributed by atoms with Crippen LogP contribution in [0.15, 0.2) is 127 Å². The minimum atomic E-state index is -5.04. The van der Waals surface area contributed by atoms with Gasteiger partial charge in [0.2, 0.25) is 0 Å². The molecule has 2 N–H and O–H groups in total. The molecule has 5 aromatic rings. The van der Waals surface area contributed by atoms with Crippen molar-refractivity contribution in [1.82, 2.24) is 0 Å². The number of nitro groups is 1. The van der Waals surface area contributed by atoms with Crippen LogP contribution >= 0.6 is 0 Å². The molecule has 47 heavy (non-hydrogen) atoms. The number of phenols is 1. The molecule has 228 valence electrons. The number of rotatable bonds is 9. The maximum atomic E-state index is 11.7. The topological polar surface area (TPSA) is 239 Å². The first-order chi connectivity index (χ1) is 21.3. The zero-order valence-electron chi connectivity index (χ0n) is 24.5. The number of anilines is 2. The number of benzene rings is 5. The molecule has 0 radical (unpaired) electrons. The van der Waals surface area contributed by atoms with Gasteiger partial charge in [0.25, 0.3) is 5.69 Å². The van der Waals surface area contributed by atoms with E-state index in [1.54, 1.807) is 18.2 Å². The number of nitrogens with zero attached hydrogens (tertiary/aromatic N) is 5. The molecule has 0 atom stereocenters. The zero-order valence-corrected chi connectivity index (χ0v) is 30.1. The Hall–Kier alpha value is -3.62. The molecule has 0 aliphatic heterocycles. The molecule has 0 unspecified atom stereocenters. The Morgan fingerprint density at radius 2 is 1.19 bits per heavy atom. The van der Waals surface area contributed by atoms with Gasteiger partial charge >= 0.3 is 59.1 Å². The minimum absolute atomic E-state index is 0. The first-order valence-corrected chi connectivity index (χ1v) is 15.4. The fourth-order valence-electron chi connectivity index (χ4n) is 4.07. The Labute approximate surface area is 311 Å². The quantitative estimate of drug-likeness (QED) is 0.0725. The summed E-state index contributed by atoms with van der Waals surface area (Å²) in [5, 5.41) is 40.6. The van der Waals surface area contributed by atoms with Crippen LogP contribution in [0.25, 0.3) is 10.8 Å². The standard InChI is InChI=1S/C28H20N6O9S2.2Na/c35-21-8-5-19(6-9-21)31-32-25-13-14-26(24-16-22(44(38,39)40)10-11-23(24)25)33-30-18-3-1-17(2-4-18)29-27-12-7-20(34(36)37)15-28(27)45(41,42)43;;/h1-16,29,35H,(H,38,39,40)(H,41,42,43);;/q;2*+1/p-2. The molecule has 0 saturated heterocycles. The Balaban J connectivity index is 0.00000300. The molecule has 19 heteroatoms. The number of azo groups is 2. The third kappa shape index (κ3) is 9.48. The number of aromatic hydroxyl groups is 1. The fourth-order valence-corrected chi connectivity index (χ4v) is 5.22. The average Bonchev–Trinajstić information content (AvgIpc) is 2.99. The molecule has 0 aliphatic carbocycles. The molecule has 15 nitrogen and oxygen atoms in total. The number of fused-ring (bicyclic) bond motifs is 1. The molecule has 0 saturated carbocycles. The smallest absolute Gasteiger partial charge is 0.744 e. The van der Waals surface area contributed by atoms with E-state index in [2.05, 4.69) is 25.8 Å². The maximum absolute atomic E-state index is 11.7. The molecule has 0 heterocycles. The second-order valence-corrected chi connectivity index (χ2v) is 12.0. The summed E-state index contributed by atoms with van der Waals surface area (Å²) in [5.74, 6) is 0.0553. The van der Waals surface area contributed by atoms with Gasteiger partial charge in [0.15, 0.2) is 0 Å². The molecule has 0 bridgehead atoms. The summed E-state index contributed by atoms with van der Waals surface area (Å²) >= 11 is 0. The van der Waals surface area contributed by atoms with Crippen LogP contribution in [0, 0.1) is 10.1 Å². The summed E-state index contributed by atoms with van der Waals surface area (Å²) < 4.78 is 70.2. The largest absolute Gasteiger partial charge is 1.00 e. The zero-order chi connectivity index (χ0) is 32.4. The third-order valence-electron chi connectivity index (χ3n) is 6.22. The van der Waals surface area contributed by atoms with Gasteiger partial charge in [0, 0.05) is 28.6 Å². The van der Waals surface area contributed by atoms with Crippen LogP contribution in [0.5, 0.6) is 5.75 Å². The van der Waals surface area contributed by atoms with E-state index in [4.69, 9.17) is 0 Å². The summed E-state index contributed by atoms with van der Waals surface area (Å²) in [4.78, 5) is 8.90. The second kappa shape index (κ2) is 15.5. The Morgan fingerprint density at radius 1 is 0.638 bits per heavy atom. The van der Waals surface area contributed by atoms with E-state index >= 15 is 0 Å². The second-order valence-electron chi connectivity index (χ2n) is 9.25. The molecule has 0 spiro atoms. The van der Waals surface area contributed by atoms with Crippen LogP contribution in [0.4, 0.5) is 39.8 Å². The van der Waals surface area contributed by atoms with E-state index in [-0.39, 0.29) is 81.6 Å². The Bertz CT molecular complexity index is 2230. The summed E-state index contributed by atoms with van der Waals surface area (Å²) in [6.45, 7) is 0. The van der Waals surface area contributed by atoms with Crippen molar-refractivity contribution in [2.45, 2.75) is 9.79 Å². The van der Waals surface area contributed by atoms with Crippen LogP contribution in [-0.4, -0.2) is 36.0 Å². The Morgan fingerprint density at radius 3 is 1.72 bits per heavy atom. The van der Waals surface area contributed by atoms with Gasteiger partial charge in [0.05, 0.1) is 43.2 Å². The molecule has 5 rings (SSSR count). The van der Waals surface area contributed by atoms with E-state index in [1.165, 1.54) is 48.5 Å². The fraction of sp³-hybridized carbons (Fsp3) is 0. The minimum Gasteiger partial charge on any atom is -0.744 e. The van der Waals surface area contributed by atoms with E-state index < -0.39 is 40.6 Å². The molecule has 0 amide bonds. The van der Waals surface area contributed by atoms with E-state index in [1.807, 2.05) is 0 Å². The predicted octanol–water partition coefficient (Wildman–Crippen LogP) is 0.844. The van der Waals surface area contributed by atoms with Gasteiger partial charge in [-0.25, -0.2) is 16.8 Å². The normalized spacial score (nSPS) is 11.7. The monoisotopic (exact) mass is 692 g/mol. The van der Waals surface area contributed by atoms with Crippen LogP contribution in [0.2, 0.25) is 0 Å². The number of non-ortho nitro benzene ring substituents is 1. The van der Waals surface area contributed by atoms with Crippen molar-refractivity contribution in [1.29, 1.82) is 0 Å². The van der Waals surface area contributed by atoms with Gasteiger partial charge in [-0.2, -0.15) is 10.2 Å². The van der Waals surface area contributed by atoms with Crippen LogP contribution in [-0.2, 0) is 20.2 Å². The number of hydrogen-bond acceptors (Lipinski definition) is 14. The predicted molar refractivity (Wildman–Crippen MR) is 159 cm³/mol. The summed E-state index contributed by atoms with van der Waals surface area (Å²) in [6.07, 6.45) is 0. The number of hydrogen-bond donors (Lipinski definition) is 2. The van der Waals surface area contributed by atoms with Crippen molar-refractivity contribution in [3.63, 3.8) is 0 Å². The molecule has 5 aromatic carbocycles. The summed E-state index contributed by atoms with van der Waals surface area (Å²) in [6, 6.07) is 21.5. The van der Waals surface area contributed by atoms with Gasteiger partial charge < -0.3 is 19.5 Å². The van der Waals surface area contributed by atoms with E-state index in [0.29, 0.717) is 34.2 Å². The van der Waals surface area contributed by atoms with Gasteiger partial charge in [-0.05, 0) is 78.9 Å². The van der Waals surface area contributed by atoms with Gasteiger partial charge in [0.1, 0.15) is 26.0 Å². The van der Waals surface area contributed by atoms with Gasteiger partial charge in [-0.3, -0.25) is 10.1 Å². The Kier molecular flexibility index (Phi) is 12.5. The van der Waals surface area contributed by atoms with Crippen molar-refractivity contribution in [2.24, 2.45) is 20.5 Å². The van der Waals surface area contributed by atoms with Gasteiger partial charge in [-0.15, -0.1) is 10.2 Å². The summed E-state index contributed by atoms with van der Waals surface area (Å²) in [5.41, 5.74) is 0.908. The van der Waals surface area contributed by atoms with Crippen molar-refractivity contribution in [2.75, 3.05) is 5.32 Å². The van der Waals surface area contributed by atoms with E-state index in [9.17, 15) is 41.2 Å². The van der Waals surface area contributed by atoms with Crippen molar-refractivity contribution in [3.05, 3.63) is 107 Å². The first kappa shape index (κ1) is 37.8. The molecule has 0 aromatic heterocycles. The molecule has 0 fully saturated rings. The van der Waals surface area contributed by atoms with E-state index in [0.717, 1.165) is 24.3 Å². The van der Waals surface area contributed by atoms with Crippen LogP contribution in [0.3, 0.4) is 0 Å². The molecular formula is C28H18N6Na2O9S2. The summed E-state index contributed by atoms with van der Waals surface area (Å²) in [7, 11) is -9.84. The number of phenolic OH excluding ortho intramolecular Hbond substituents is 1. The average molecular weight is 693 g/mol. The van der Waals surface area contributed by atoms with Crippen molar-refractivity contribution < 1.29 is 95.1 Å². The number of nitro benzene ring substituents is 1. The third-order valence-corrected chi connectivity index (χ3v) is 7.93. The SMILES string of the molecule is O=[N+]([O-])c1ccc(Nc2ccc(N=Nc3ccc(N=Nc4ccc(O)cc4)c4ccc(S(=O)(=O)[O-])cc34)cc2)c(S(=O)(=O)[O-])c1.[Na+].[Na+].